The fourth-order valence-electron chi connectivity index (χ4n) is 1.75. The first-order valence-electron chi connectivity index (χ1n) is 5.76. The summed E-state index contributed by atoms with van der Waals surface area (Å²) in [6, 6.07) is -0.338. The zero-order valence-electron chi connectivity index (χ0n) is 10.6. The molecule has 1 aliphatic rings. The Morgan fingerprint density at radius 2 is 2.00 bits per heavy atom. The maximum absolute atomic E-state index is 11.6. The molecule has 0 radical (unpaired) electrons. The van der Waals surface area contributed by atoms with Gasteiger partial charge in [0.2, 0.25) is 0 Å². The monoisotopic (exact) mass is 244 g/mol. The van der Waals surface area contributed by atoms with Crippen LogP contribution in [-0.2, 0) is 14.3 Å². The van der Waals surface area contributed by atoms with Crippen LogP contribution in [0, 0.1) is 0 Å². The Hall–Kier alpha value is -1.14. The molecule has 1 saturated heterocycles. The number of imide groups is 1. The lowest BCUT2D eigenvalue weighted by molar-refractivity contribution is -0.126. The van der Waals surface area contributed by atoms with Crippen molar-refractivity contribution in [2.24, 2.45) is 0 Å². The molecule has 98 valence electrons. The second kappa shape index (κ2) is 5.97. The van der Waals surface area contributed by atoms with Crippen LogP contribution < -0.4 is 5.32 Å². The van der Waals surface area contributed by atoms with E-state index >= 15 is 0 Å². The lowest BCUT2D eigenvalue weighted by atomic mass is 9.97. The number of rotatable bonds is 7. The zero-order valence-corrected chi connectivity index (χ0v) is 10.6. The highest BCUT2D eigenvalue weighted by Gasteiger charge is 2.47. The molecule has 1 rings (SSSR count). The van der Waals surface area contributed by atoms with Crippen molar-refractivity contribution < 1.29 is 19.1 Å². The number of nitrogens with zero attached hydrogens (tertiary/aromatic N) is 1. The fraction of sp³-hybridized carbons (Fsp3) is 0.818. The molecular formula is C11H20N2O4. The third-order valence-corrected chi connectivity index (χ3v) is 3.13. The Morgan fingerprint density at radius 3 is 2.59 bits per heavy atom. The van der Waals surface area contributed by atoms with Gasteiger partial charge in [-0.15, -0.1) is 0 Å². The molecule has 1 unspecified atom stereocenters. The minimum atomic E-state index is -0.748. The molecule has 6 heteroatoms. The van der Waals surface area contributed by atoms with Crippen LogP contribution in [0.5, 0.6) is 0 Å². The molecule has 0 aromatic rings. The standard InChI is InChI=1S/C11H20N2O4/c1-4-11(2)9(14)12-10(15)13(11)5-6-17-8-7-16-3/h4-8H2,1-3H3,(H,12,14,15). The van der Waals surface area contributed by atoms with Crippen LogP contribution in [0.3, 0.4) is 0 Å². The van der Waals surface area contributed by atoms with Crippen LogP contribution in [0.1, 0.15) is 20.3 Å². The van der Waals surface area contributed by atoms with Crippen molar-refractivity contribution >= 4 is 11.9 Å². The minimum Gasteiger partial charge on any atom is -0.382 e. The Morgan fingerprint density at radius 1 is 1.29 bits per heavy atom. The highest BCUT2D eigenvalue weighted by Crippen LogP contribution is 2.24. The van der Waals surface area contributed by atoms with E-state index in [0.29, 0.717) is 32.8 Å². The van der Waals surface area contributed by atoms with Gasteiger partial charge in [-0.2, -0.15) is 0 Å². The number of carbonyl (C=O) groups excluding carboxylic acids is 2. The van der Waals surface area contributed by atoms with Crippen molar-refractivity contribution in [1.29, 1.82) is 0 Å². The van der Waals surface area contributed by atoms with Gasteiger partial charge in [0.1, 0.15) is 5.54 Å². The Kier molecular flexibility index (Phi) is 4.89. The molecule has 0 saturated carbocycles. The SMILES string of the molecule is CCC1(C)C(=O)NC(=O)N1CCOCCOC. The highest BCUT2D eigenvalue weighted by molar-refractivity contribution is 6.06. The minimum absolute atomic E-state index is 0.234. The van der Waals surface area contributed by atoms with E-state index in [1.807, 2.05) is 6.92 Å². The molecule has 0 spiro atoms. The van der Waals surface area contributed by atoms with Gasteiger partial charge in [0.05, 0.1) is 19.8 Å². The molecule has 1 fully saturated rings. The summed E-state index contributed by atoms with van der Waals surface area (Å²) in [5, 5.41) is 2.33. The van der Waals surface area contributed by atoms with Crippen molar-refractivity contribution in [2.75, 3.05) is 33.5 Å². The maximum atomic E-state index is 11.6. The maximum Gasteiger partial charge on any atom is 0.325 e. The van der Waals surface area contributed by atoms with Crippen molar-refractivity contribution in [3.05, 3.63) is 0 Å². The molecular weight excluding hydrogens is 224 g/mol. The molecule has 6 nitrogen and oxygen atoms in total. The third-order valence-electron chi connectivity index (χ3n) is 3.13. The van der Waals surface area contributed by atoms with Crippen LogP contribution >= 0.6 is 0 Å². The van der Waals surface area contributed by atoms with E-state index in [-0.39, 0.29) is 11.9 Å². The molecule has 0 aromatic heterocycles. The average molecular weight is 244 g/mol. The number of urea groups is 1. The number of amides is 3. The lowest BCUT2D eigenvalue weighted by Gasteiger charge is -2.30. The molecule has 1 aliphatic heterocycles. The smallest absolute Gasteiger partial charge is 0.325 e. The largest absolute Gasteiger partial charge is 0.382 e. The number of carbonyl (C=O) groups is 2. The summed E-state index contributed by atoms with van der Waals surface area (Å²) in [5.41, 5.74) is -0.748. The van der Waals surface area contributed by atoms with Crippen LogP contribution in [0.4, 0.5) is 4.79 Å². The Bertz CT molecular complexity index is 295. The summed E-state index contributed by atoms with van der Waals surface area (Å²) in [6.45, 7) is 5.48. The normalized spacial score (nSPS) is 24.3. The van der Waals surface area contributed by atoms with Crippen molar-refractivity contribution in [3.63, 3.8) is 0 Å². The predicted octanol–water partition coefficient (Wildman–Crippen LogP) is 0.370. The number of ether oxygens (including phenoxy) is 2. The van der Waals surface area contributed by atoms with Crippen molar-refractivity contribution in [2.45, 2.75) is 25.8 Å². The summed E-state index contributed by atoms with van der Waals surface area (Å²) in [6.07, 6.45) is 0.586. The molecule has 0 aromatic carbocycles. The number of hydrogen-bond donors (Lipinski definition) is 1. The number of hydrogen-bond acceptors (Lipinski definition) is 4. The quantitative estimate of drug-likeness (QED) is 0.519. The summed E-state index contributed by atoms with van der Waals surface area (Å²) in [5.74, 6) is -0.234. The van der Waals surface area contributed by atoms with E-state index in [9.17, 15) is 9.59 Å². The van der Waals surface area contributed by atoms with E-state index in [2.05, 4.69) is 5.32 Å². The van der Waals surface area contributed by atoms with E-state index in [4.69, 9.17) is 9.47 Å². The molecule has 1 heterocycles. The first kappa shape index (κ1) is 13.9. The lowest BCUT2D eigenvalue weighted by Crippen LogP contribution is -2.47. The molecule has 17 heavy (non-hydrogen) atoms. The van der Waals surface area contributed by atoms with Gasteiger partial charge in [-0.1, -0.05) is 6.92 Å². The first-order valence-corrected chi connectivity index (χ1v) is 5.76. The van der Waals surface area contributed by atoms with E-state index in [1.165, 1.54) is 4.90 Å². The molecule has 3 amide bonds. The van der Waals surface area contributed by atoms with Crippen LogP contribution in [-0.4, -0.2) is 55.9 Å². The molecule has 1 N–H and O–H groups in total. The second-order valence-electron chi connectivity index (χ2n) is 4.14. The Balaban J connectivity index is 2.45. The Labute approximate surface area is 101 Å². The van der Waals surface area contributed by atoms with Gasteiger partial charge in [-0.25, -0.2) is 4.79 Å². The van der Waals surface area contributed by atoms with Crippen molar-refractivity contribution in [3.8, 4) is 0 Å². The third kappa shape index (κ3) is 2.95. The van der Waals surface area contributed by atoms with Gasteiger partial charge < -0.3 is 14.4 Å². The van der Waals surface area contributed by atoms with E-state index in [1.54, 1.807) is 14.0 Å². The van der Waals surface area contributed by atoms with Gasteiger partial charge in [0.15, 0.2) is 0 Å². The topological polar surface area (TPSA) is 67.9 Å². The van der Waals surface area contributed by atoms with Gasteiger partial charge in [0.25, 0.3) is 5.91 Å². The number of methoxy groups -OCH3 is 1. The fourth-order valence-corrected chi connectivity index (χ4v) is 1.75. The van der Waals surface area contributed by atoms with Gasteiger partial charge in [0, 0.05) is 13.7 Å². The summed E-state index contributed by atoms with van der Waals surface area (Å²) in [4.78, 5) is 24.8. The van der Waals surface area contributed by atoms with Crippen LogP contribution in [0.25, 0.3) is 0 Å². The van der Waals surface area contributed by atoms with Gasteiger partial charge >= 0.3 is 6.03 Å². The van der Waals surface area contributed by atoms with E-state index < -0.39 is 5.54 Å². The van der Waals surface area contributed by atoms with E-state index in [0.717, 1.165) is 0 Å². The molecule has 0 aliphatic carbocycles. The molecule has 0 bridgehead atoms. The predicted molar refractivity (Wildman–Crippen MR) is 61.6 cm³/mol. The van der Waals surface area contributed by atoms with Crippen LogP contribution in [0.15, 0.2) is 0 Å². The zero-order chi connectivity index (χ0) is 12.9. The summed E-state index contributed by atoms with van der Waals surface area (Å²) in [7, 11) is 1.60. The first-order chi connectivity index (χ1) is 8.06. The summed E-state index contributed by atoms with van der Waals surface area (Å²) >= 11 is 0. The van der Waals surface area contributed by atoms with Gasteiger partial charge in [-0.3, -0.25) is 10.1 Å². The van der Waals surface area contributed by atoms with Gasteiger partial charge in [-0.05, 0) is 13.3 Å². The second-order valence-corrected chi connectivity index (χ2v) is 4.14. The molecule has 1 atom stereocenters. The van der Waals surface area contributed by atoms with Crippen molar-refractivity contribution in [1.82, 2.24) is 10.2 Å². The number of nitrogens with one attached hydrogen (secondary N) is 1. The van der Waals surface area contributed by atoms with Crippen LogP contribution in [0.2, 0.25) is 0 Å². The summed E-state index contributed by atoms with van der Waals surface area (Å²) < 4.78 is 10.1. The average Bonchev–Trinajstić information content (AvgIpc) is 2.52. The highest BCUT2D eigenvalue weighted by atomic mass is 16.5.